The van der Waals surface area contributed by atoms with Gasteiger partial charge in [-0.15, -0.1) is 0 Å². The van der Waals surface area contributed by atoms with E-state index >= 15 is 0 Å². The van der Waals surface area contributed by atoms with Gasteiger partial charge < -0.3 is 0 Å². The number of nitrogens with two attached hydrogens (primary N) is 2. The lowest BCUT2D eigenvalue weighted by Gasteiger charge is -2.18. The van der Waals surface area contributed by atoms with Crippen LogP contribution in [0.25, 0.3) is 16.8 Å². The van der Waals surface area contributed by atoms with Crippen molar-refractivity contribution in [3.63, 3.8) is 0 Å². The number of rotatable bonds is 2. The van der Waals surface area contributed by atoms with E-state index in [0.29, 0.717) is 5.39 Å². The number of fused-ring (bicyclic) bond motifs is 2. The molecule has 0 bridgehead atoms. The molecule has 0 aromatic heterocycles. The zero-order valence-corrected chi connectivity index (χ0v) is 13.1. The summed E-state index contributed by atoms with van der Waals surface area (Å²) in [5, 5.41) is 11.1. The van der Waals surface area contributed by atoms with Crippen molar-refractivity contribution in [1.29, 1.82) is 0 Å². The summed E-state index contributed by atoms with van der Waals surface area (Å²) in [6.07, 6.45) is 3.56. The zero-order valence-electron chi connectivity index (χ0n) is 11.4. The minimum Gasteiger partial charge on any atom is -0.228 e. The summed E-state index contributed by atoms with van der Waals surface area (Å²) in [5.41, 5.74) is 1.70. The molecule has 22 heavy (non-hydrogen) atoms. The van der Waals surface area contributed by atoms with Gasteiger partial charge in [0, 0.05) is 0 Å². The van der Waals surface area contributed by atoms with E-state index in [2.05, 4.69) is 0 Å². The van der Waals surface area contributed by atoms with Crippen LogP contribution in [0.15, 0.2) is 41.3 Å². The van der Waals surface area contributed by atoms with Crippen LogP contribution in [-0.2, 0) is 26.5 Å². The molecule has 6 nitrogen and oxygen atoms in total. The lowest BCUT2D eigenvalue weighted by atomic mass is 9.94. The highest BCUT2D eigenvalue weighted by molar-refractivity contribution is 7.90. The first-order valence-corrected chi connectivity index (χ1v) is 9.59. The number of primary sulfonamides is 2. The molecule has 1 aliphatic rings. The summed E-state index contributed by atoms with van der Waals surface area (Å²) in [5.74, 6) is 0. The molecule has 0 saturated heterocycles. The monoisotopic (exact) mass is 338 g/mol. The molecule has 2 aromatic rings. The molecule has 3 rings (SSSR count). The van der Waals surface area contributed by atoms with Crippen LogP contribution in [0.2, 0.25) is 0 Å². The van der Waals surface area contributed by atoms with Crippen LogP contribution >= 0.6 is 0 Å². The summed E-state index contributed by atoms with van der Waals surface area (Å²) < 4.78 is 45.8. The van der Waals surface area contributed by atoms with Crippen molar-refractivity contribution in [3.8, 4) is 0 Å². The molecule has 1 atom stereocenters. The van der Waals surface area contributed by atoms with Gasteiger partial charge in [-0.25, -0.2) is 27.1 Å². The Hall–Kier alpha value is -1.74. The fourth-order valence-corrected chi connectivity index (χ4v) is 3.83. The molecule has 0 saturated carbocycles. The highest BCUT2D eigenvalue weighted by Gasteiger charge is 2.23. The van der Waals surface area contributed by atoms with Gasteiger partial charge in [-0.2, -0.15) is 0 Å². The fraction of sp³-hybridized carbons (Fsp3) is 0.143. The second kappa shape index (κ2) is 4.88. The van der Waals surface area contributed by atoms with E-state index in [1.807, 2.05) is 6.07 Å². The lowest BCUT2D eigenvalue weighted by molar-refractivity contribution is 0.589. The third kappa shape index (κ3) is 2.78. The van der Waals surface area contributed by atoms with Gasteiger partial charge >= 0.3 is 0 Å². The molecule has 2 aromatic carbocycles. The molecule has 0 heterocycles. The summed E-state index contributed by atoms with van der Waals surface area (Å²) >= 11 is 0. The van der Waals surface area contributed by atoms with Gasteiger partial charge in [-0.3, -0.25) is 0 Å². The Balaban J connectivity index is 2.15. The molecule has 0 radical (unpaired) electrons. The van der Waals surface area contributed by atoms with Gasteiger partial charge in [0.15, 0.2) is 0 Å². The Morgan fingerprint density at radius 2 is 1.68 bits per heavy atom. The van der Waals surface area contributed by atoms with Gasteiger partial charge in [-0.05, 0) is 46.5 Å². The average Bonchev–Trinajstić information content (AvgIpc) is 2.41. The smallest absolute Gasteiger partial charge is 0.228 e. The number of benzene rings is 2. The Bertz CT molecular complexity index is 1010. The third-order valence-electron chi connectivity index (χ3n) is 3.73. The van der Waals surface area contributed by atoms with E-state index in [1.165, 1.54) is 12.1 Å². The van der Waals surface area contributed by atoms with Crippen molar-refractivity contribution in [2.24, 2.45) is 10.3 Å². The fourth-order valence-electron chi connectivity index (χ4n) is 2.57. The first-order valence-electron chi connectivity index (χ1n) is 6.44. The average molecular weight is 338 g/mol. The van der Waals surface area contributed by atoms with E-state index in [-0.39, 0.29) is 11.3 Å². The van der Waals surface area contributed by atoms with Gasteiger partial charge in [0.25, 0.3) is 0 Å². The third-order valence-corrected chi connectivity index (χ3v) is 5.81. The van der Waals surface area contributed by atoms with Crippen LogP contribution in [0.4, 0.5) is 0 Å². The molecule has 1 unspecified atom stereocenters. The molecule has 1 aliphatic carbocycles. The van der Waals surface area contributed by atoms with Crippen LogP contribution in [-0.4, -0.2) is 22.1 Å². The van der Waals surface area contributed by atoms with Gasteiger partial charge in [0.05, 0.1) is 10.1 Å². The molecule has 8 heteroatoms. The van der Waals surface area contributed by atoms with Crippen LogP contribution in [0.5, 0.6) is 0 Å². The predicted molar refractivity (Wildman–Crippen MR) is 85.0 cm³/mol. The summed E-state index contributed by atoms with van der Waals surface area (Å²) in [6, 6.07) is 8.27. The number of hydrogen-bond donors (Lipinski definition) is 2. The summed E-state index contributed by atoms with van der Waals surface area (Å²) in [6.45, 7) is 0. The van der Waals surface area contributed by atoms with E-state index in [4.69, 9.17) is 10.3 Å². The molecular formula is C14H14N2O4S2. The quantitative estimate of drug-likeness (QED) is 0.838. The SMILES string of the molecule is NS(=O)(=O)c1ccc2cc3c(cc2c1)CC(S(N)(=O)=O)C=C3. The van der Waals surface area contributed by atoms with Crippen LogP contribution < -0.4 is 10.3 Å². The Kier molecular flexibility index (Phi) is 3.37. The molecular weight excluding hydrogens is 324 g/mol. The highest BCUT2D eigenvalue weighted by Crippen LogP contribution is 2.28. The van der Waals surface area contributed by atoms with E-state index in [9.17, 15) is 16.8 Å². The van der Waals surface area contributed by atoms with Crippen molar-refractivity contribution in [3.05, 3.63) is 47.5 Å². The van der Waals surface area contributed by atoms with Crippen molar-refractivity contribution in [1.82, 2.24) is 0 Å². The van der Waals surface area contributed by atoms with Crippen molar-refractivity contribution >= 4 is 36.9 Å². The predicted octanol–water partition coefficient (Wildman–Crippen LogP) is 0.714. The van der Waals surface area contributed by atoms with Gasteiger partial charge in [0.2, 0.25) is 20.0 Å². The summed E-state index contributed by atoms with van der Waals surface area (Å²) in [7, 11) is -7.44. The van der Waals surface area contributed by atoms with Gasteiger partial charge in [-0.1, -0.05) is 24.3 Å². The van der Waals surface area contributed by atoms with Crippen molar-refractivity contribution in [2.45, 2.75) is 16.6 Å². The first kappa shape index (κ1) is 15.2. The summed E-state index contributed by atoms with van der Waals surface area (Å²) in [4.78, 5) is 0.0225. The van der Waals surface area contributed by atoms with Gasteiger partial charge in [0.1, 0.15) is 0 Å². The molecule has 116 valence electrons. The maximum Gasteiger partial charge on any atom is 0.238 e. The van der Waals surface area contributed by atoms with E-state index in [0.717, 1.165) is 16.5 Å². The number of sulfonamides is 2. The Morgan fingerprint density at radius 3 is 2.32 bits per heavy atom. The lowest BCUT2D eigenvalue weighted by Crippen LogP contribution is -2.30. The molecule has 0 amide bonds. The maximum atomic E-state index is 11.5. The standard InChI is InChI=1S/C14H14N2O4S2/c15-21(17,18)13-3-1-9-5-10-2-4-14(22(16,19)20)8-12(10)6-11(9)7-13/h1-7,14H,8H2,(H2,15,17,18)(H2,16,19,20). The minimum atomic E-state index is -3.78. The highest BCUT2D eigenvalue weighted by atomic mass is 32.2. The van der Waals surface area contributed by atoms with Crippen molar-refractivity contribution < 1.29 is 16.8 Å². The normalized spacial score (nSPS) is 18.4. The molecule has 0 spiro atoms. The van der Waals surface area contributed by atoms with Crippen LogP contribution in [0, 0.1) is 0 Å². The first-order chi connectivity index (χ1) is 10.1. The van der Waals surface area contributed by atoms with Crippen LogP contribution in [0.1, 0.15) is 11.1 Å². The maximum absolute atomic E-state index is 11.5. The second-order valence-electron chi connectivity index (χ2n) is 5.30. The second-order valence-corrected chi connectivity index (χ2v) is 8.64. The zero-order chi connectivity index (χ0) is 16.1. The van der Waals surface area contributed by atoms with E-state index in [1.54, 1.807) is 24.3 Å². The number of hydrogen-bond acceptors (Lipinski definition) is 4. The Morgan fingerprint density at radius 1 is 0.955 bits per heavy atom. The van der Waals surface area contributed by atoms with Crippen LogP contribution in [0.3, 0.4) is 0 Å². The van der Waals surface area contributed by atoms with E-state index < -0.39 is 25.3 Å². The van der Waals surface area contributed by atoms with Crippen molar-refractivity contribution in [2.75, 3.05) is 0 Å². The topological polar surface area (TPSA) is 120 Å². The minimum absolute atomic E-state index is 0.0225. The molecule has 4 N–H and O–H groups in total. The molecule has 0 aliphatic heterocycles. The largest absolute Gasteiger partial charge is 0.238 e. The Labute approximate surface area is 128 Å². The molecule has 0 fully saturated rings.